The summed E-state index contributed by atoms with van der Waals surface area (Å²) in [5.74, 6) is -0.480. The van der Waals surface area contributed by atoms with Gasteiger partial charge in [-0.1, -0.05) is 72.6 Å². The zero-order chi connectivity index (χ0) is 19.7. The highest BCUT2D eigenvalue weighted by molar-refractivity contribution is 7.89. The Morgan fingerprint density at radius 1 is 1.04 bits per heavy atom. The van der Waals surface area contributed by atoms with Gasteiger partial charge in [-0.2, -0.15) is 4.72 Å². The lowest BCUT2D eigenvalue weighted by molar-refractivity contribution is -0.0264. The molecule has 0 fully saturated rings. The number of rotatable bonds is 6. The van der Waals surface area contributed by atoms with Crippen LogP contribution < -0.4 is 4.72 Å². The van der Waals surface area contributed by atoms with Gasteiger partial charge in [0.25, 0.3) is 0 Å². The molecule has 0 radical (unpaired) electrons. The Labute approximate surface area is 168 Å². The molecule has 2 aromatic carbocycles. The van der Waals surface area contributed by atoms with Gasteiger partial charge in [-0.3, -0.25) is 4.79 Å². The molecule has 0 heterocycles. The highest BCUT2D eigenvalue weighted by atomic mass is 35.5. The molecule has 0 bridgehead atoms. The molecule has 1 unspecified atom stereocenters. The molecule has 1 N–H and O–H groups in total. The Hall–Kier alpha value is -1.70. The van der Waals surface area contributed by atoms with Crippen molar-refractivity contribution < 1.29 is 17.9 Å². The number of hydrogen-bond acceptors (Lipinski definition) is 4. The quantitative estimate of drug-likeness (QED) is 0.706. The van der Waals surface area contributed by atoms with Crippen LogP contribution in [0.5, 0.6) is 0 Å². The minimum absolute atomic E-state index is 0.0412. The summed E-state index contributed by atoms with van der Waals surface area (Å²) in [4.78, 5) is 12.6. The van der Waals surface area contributed by atoms with Crippen molar-refractivity contribution >= 4 is 39.0 Å². The molecule has 8 heteroatoms. The Kier molecular flexibility index (Phi) is 5.74. The zero-order valence-electron chi connectivity index (χ0n) is 14.4. The zero-order valence-corrected chi connectivity index (χ0v) is 16.7. The third-order valence-electron chi connectivity index (χ3n) is 4.11. The molecule has 0 saturated heterocycles. The number of Topliss-reactive ketones (excluding diaryl/α,β-unsaturated/α-hetero) is 1. The van der Waals surface area contributed by atoms with E-state index >= 15 is 0 Å². The predicted molar refractivity (Wildman–Crippen MR) is 104 cm³/mol. The number of ketones is 1. The number of nitrogens with one attached hydrogen (secondary N) is 1. The van der Waals surface area contributed by atoms with Gasteiger partial charge in [0.15, 0.2) is 5.72 Å². The van der Waals surface area contributed by atoms with Crippen LogP contribution in [0.15, 0.2) is 69.6 Å². The topological polar surface area (TPSA) is 72.5 Å². The molecule has 0 amide bonds. The largest absolute Gasteiger partial charge is 0.350 e. The van der Waals surface area contributed by atoms with Crippen molar-refractivity contribution in [2.75, 3.05) is 6.61 Å². The van der Waals surface area contributed by atoms with Gasteiger partial charge in [0.05, 0.1) is 9.93 Å². The fourth-order valence-corrected chi connectivity index (χ4v) is 4.72. The smallest absolute Gasteiger partial charge is 0.243 e. The van der Waals surface area contributed by atoms with Crippen molar-refractivity contribution in [2.45, 2.75) is 24.0 Å². The number of halogens is 2. The van der Waals surface area contributed by atoms with E-state index in [1.165, 1.54) is 12.1 Å². The number of fused-ring (bicyclic) bond motifs is 1. The van der Waals surface area contributed by atoms with Crippen molar-refractivity contribution in [1.29, 1.82) is 0 Å². The van der Waals surface area contributed by atoms with Crippen molar-refractivity contribution in [3.63, 3.8) is 0 Å². The summed E-state index contributed by atoms with van der Waals surface area (Å²) in [6.45, 7) is 2.07. The lowest BCUT2D eigenvalue weighted by atomic mass is 9.89. The molecule has 1 atom stereocenters. The molecule has 0 aliphatic heterocycles. The lowest BCUT2D eigenvalue weighted by Gasteiger charge is -2.38. The molecule has 0 saturated carbocycles. The lowest BCUT2D eigenvalue weighted by Crippen LogP contribution is -2.51. The fourth-order valence-electron chi connectivity index (χ4n) is 2.85. The van der Waals surface area contributed by atoms with E-state index in [1.54, 1.807) is 42.5 Å². The molecule has 1 aliphatic carbocycles. The van der Waals surface area contributed by atoms with E-state index in [4.69, 9.17) is 27.9 Å². The minimum Gasteiger partial charge on any atom is -0.350 e. The van der Waals surface area contributed by atoms with Crippen LogP contribution in [0, 0.1) is 0 Å². The van der Waals surface area contributed by atoms with E-state index < -0.39 is 21.5 Å². The van der Waals surface area contributed by atoms with Gasteiger partial charge in [0.2, 0.25) is 15.8 Å². The number of carbonyl (C=O) groups excluding carboxylic acids is 1. The summed E-state index contributed by atoms with van der Waals surface area (Å²) < 4.78 is 34.5. The molecular weight excluding hydrogens is 409 g/mol. The van der Waals surface area contributed by atoms with E-state index in [9.17, 15) is 13.2 Å². The molecule has 0 aromatic heterocycles. The van der Waals surface area contributed by atoms with Gasteiger partial charge < -0.3 is 4.74 Å². The van der Waals surface area contributed by atoms with E-state index in [2.05, 4.69) is 4.72 Å². The van der Waals surface area contributed by atoms with Crippen molar-refractivity contribution in [1.82, 2.24) is 4.72 Å². The van der Waals surface area contributed by atoms with Crippen LogP contribution in [-0.4, -0.2) is 20.8 Å². The first-order valence-corrected chi connectivity index (χ1v) is 10.5. The van der Waals surface area contributed by atoms with Crippen LogP contribution in [0.3, 0.4) is 0 Å². The number of allylic oxidation sites excluding steroid dienone is 1. The molecule has 1 aliphatic rings. The molecule has 0 spiro atoms. The molecular formula is C19H17Cl2NO4S. The van der Waals surface area contributed by atoms with E-state index in [0.29, 0.717) is 12.0 Å². The fraction of sp³-hybridized carbons (Fsp3) is 0.211. The number of sulfonamides is 1. The monoisotopic (exact) mass is 425 g/mol. The van der Waals surface area contributed by atoms with Crippen LogP contribution in [0.1, 0.15) is 29.3 Å². The minimum atomic E-state index is -4.03. The average Bonchev–Trinajstić information content (AvgIpc) is 2.69. The summed E-state index contributed by atoms with van der Waals surface area (Å²) in [7, 11) is -4.03. The second-order valence-corrected chi connectivity index (χ2v) is 8.39. The van der Waals surface area contributed by atoms with Gasteiger partial charge in [-0.25, -0.2) is 8.42 Å². The van der Waals surface area contributed by atoms with Crippen LogP contribution in [0.4, 0.5) is 0 Å². The summed E-state index contributed by atoms with van der Waals surface area (Å²) in [6, 6.07) is 14.3. The summed E-state index contributed by atoms with van der Waals surface area (Å²) in [5, 5.41) is -0.483. The Bertz CT molecular complexity index is 1010. The number of hydrogen-bond donors (Lipinski definition) is 1. The number of ether oxygens (including phenoxy) is 1. The Morgan fingerprint density at radius 2 is 1.67 bits per heavy atom. The Morgan fingerprint density at radius 3 is 2.33 bits per heavy atom. The first-order valence-electron chi connectivity index (χ1n) is 8.26. The standard InChI is InChI=1S/C19H17Cl2NO4S/c1-2-12-26-19(22-27(24,25)13-8-4-3-5-9-13)15-11-7-6-10-14(15)17(23)16(20)18(19)21/h3-11,22H,2,12H2,1H3. The van der Waals surface area contributed by atoms with E-state index in [1.807, 2.05) is 6.92 Å². The highest BCUT2D eigenvalue weighted by Gasteiger charge is 2.48. The van der Waals surface area contributed by atoms with Crippen molar-refractivity contribution in [3.8, 4) is 0 Å². The Balaban J connectivity index is 2.22. The van der Waals surface area contributed by atoms with Crippen molar-refractivity contribution in [2.24, 2.45) is 0 Å². The molecule has 3 rings (SSSR count). The average molecular weight is 426 g/mol. The molecule has 2 aromatic rings. The molecule has 5 nitrogen and oxygen atoms in total. The number of carbonyl (C=O) groups is 1. The summed E-state index contributed by atoms with van der Waals surface area (Å²) in [5.41, 5.74) is -1.25. The van der Waals surface area contributed by atoms with Gasteiger partial charge in [0, 0.05) is 17.7 Å². The highest BCUT2D eigenvalue weighted by Crippen LogP contribution is 2.44. The predicted octanol–water partition coefficient (Wildman–Crippen LogP) is 4.13. The van der Waals surface area contributed by atoms with E-state index in [-0.39, 0.29) is 27.1 Å². The maximum atomic E-state index is 13.0. The van der Waals surface area contributed by atoms with Crippen LogP contribution in [0.2, 0.25) is 0 Å². The third kappa shape index (κ3) is 3.56. The summed E-state index contributed by atoms with van der Waals surface area (Å²) >= 11 is 12.6. The molecule has 27 heavy (non-hydrogen) atoms. The first-order chi connectivity index (χ1) is 12.8. The SMILES string of the molecule is CCCOC1(NS(=O)(=O)c2ccccc2)C(Cl)=C(Cl)C(=O)c2ccccc21. The van der Waals surface area contributed by atoms with Crippen molar-refractivity contribution in [3.05, 3.63) is 75.8 Å². The second-order valence-electron chi connectivity index (χ2n) is 5.95. The summed E-state index contributed by atoms with van der Waals surface area (Å²) in [6.07, 6.45) is 0.604. The van der Waals surface area contributed by atoms with Crippen LogP contribution in [0.25, 0.3) is 0 Å². The van der Waals surface area contributed by atoms with Gasteiger partial charge in [-0.05, 0) is 18.6 Å². The molecule has 142 valence electrons. The normalized spacial score (nSPS) is 19.9. The third-order valence-corrected chi connectivity index (χ3v) is 6.47. The van der Waals surface area contributed by atoms with Crippen LogP contribution >= 0.6 is 23.2 Å². The first kappa shape index (κ1) is 20.0. The maximum Gasteiger partial charge on any atom is 0.243 e. The second kappa shape index (κ2) is 7.73. The van der Waals surface area contributed by atoms with E-state index in [0.717, 1.165) is 0 Å². The number of benzene rings is 2. The van der Waals surface area contributed by atoms with Gasteiger partial charge >= 0.3 is 0 Å². The van der Waals surface area contributed by atoms with Crippen LogP contribution in [-0.2, 0) is 20.5 Å². The van der Waals surface area contributed by atoms with Gasteiger partial charge in [0.1, 0.15) is 5.03 Å². The van der Waals surface area contributed by atoms with Gasteiger partial charge in [-0.15, -0.1) is 0 Å². The maximum absolute atomic E-state index is 13.0.